The topological polar surface area (TPSA) is 29.5 Å². The van der Waals surface area contributed by atoms with Crippen molar-refractivity contribution in [2.75, 3.05) is 6.54 Å². The third kappa shape index (κ3) is 2.97. The Labute approximate surface area is 127 Å². The molecular formula is C14H20BrNO2S. The molecule has 5 heteroatoms. The predicted molar refractivity (Wildman–Crippen MR) is 81.7 cm³/mol. The molecule has 1 aromatic rings. The van der Waals surface area contributed by atoms with Crippen LogP contribution < -0.4 is 0 Å². The van der Waals surface area contributed by atoms with Crippen molar-refractivity contribution in [2.45, 2.75) is 52.2 Å². The van der Waals surface area contributed by atoms with E-state index in [4.69, 9.17) is 4.74 Å². The van der Waals surface area contributed by atoms with Gasteiger partial charge in [-0.25, -0.2) is 4.79 Å². The van der Waals surface area contributed by atoms with E-state index in [1.807, 2.05) is 25.7 Å². The fourth-order valence-electron chi connectivity index (χ4n) is 2.37. The summed E-state index contributed by atoms with van der Waals surface area (Å²) in [5, 5.41) is 0. The maximum absolute atomic E-state index is 12.3. The van der Waals surface area contributed by atoms with Crippen molar-refractivity contribution in [2.24, 2.45) is 0 Å². The zero-order valence-electron chi connectivity index (χ0n) is 12.0. The van der Waals surface area contributed by atoms with E-state index in [-0.39, 0.29) is 11.6 Å². The first-order valence-electron chi connectivity index (χ1n) is 6.40. The second kappa shape index (κ2) is 4.77. The van der Waals surface area contributed by atoms with Crippen LogP contribution >= 0.6 is 27.3 Å². The summed E-state index contributed by atoms with van der Waals surface area (Å²) in [4.78, 5) is 15.4. The van der Waals surface area contributed by atoms with Crippen LogP contribution in [0, 0.1) is 0 Å². The highest BCUT2D eigenvalue weighted by Gasteiger charge is 2.40. The van der Waals surface area contributed by atoms with Gasteiger partial charge in [-0.2, -0.15) is 0 Å². The van der Waals surface area contributed by atoms with Gasteiger partial charge in [-0.3, -0.25) is 4.90 Å². The lowest BCUT2D eigenvalue weighted by Gasteiger charge is -2.42. The Hall–Kier alpha value is -0.550. The van der Waals surface area contributed by atoms with Crippen LogP contribution in [0.4, 0.5) is 4.79 Å². The minimum absolute atomic E-state index is 0.229. The van der Waals surface area contributed by atoms with Gasteiger partial charge in [-0.1, -0.05) is 0 Å². The van der Waals surface area contributed by atoms with Gasteiger partial charge in [-0.05, 0) is 68.6 Å². The highest BCUT2D eigenvalue weighted by Crippen LogP contribution is 2.42. The second-order valence-electron chi connectivity index (χ2n) is 6.35. The molecule has 1 aliphatic heterocycles. The molecule has 3 nitrogen and oxygen atoms in total. The lowest BCUT2D eigenvalue weighted by atomic mass is 9.91. The predicted octanol–water partition coefficient (Wildman–Crippen LogP) is 4.54. The average molecular weight is 346 g/mol. The van der Waals surface area contributed by atoms with Gasteiger partial charge in [0.2, 0.25) is 0 Å². The van der Waals surface area contributed by atoms with E-state index in [0.29, 0.717) is 6.54 Å². The van der Waals surface area contributed by atoms with E-state index in [0.717, 1.165) is 10.2 Å². The van der Waals surface area contributed by atoms with Crippen LogP contribution in [0.2, 0.25) is 0 Å². The minimum atomic E-state index is -0.455. The van der Waals surface area contributed by atoms with Gasteiger partial charge in [0, 0.05) is 11.4 Å². The average Bonchev–Trinajstić information content (AvgIpc) is 2.57. The van der Waals surface area contributed by atoms with E-state index in [2.05, 4.69) is 35.8 Å². The molecule has 0 radical (unpaired) electrons. The summed E-state index contributed by atoms with van der Waals surface area (Å²) in [5.41, 5.74) is 0.567. The molecule has 106 valence electrons. The number of carbonyl (C=O) groups excluding carboxylic acids is 1. The number of halogens is 1. The van der Waals surface area contributed by atoms with Gasteiger partial charge in [-0.15, -0.1) is 11.3 Å². The number of hydrogen-bond donors (Lipinski definition) is 0. The van der Waals surface area contributed by atoms with E-state index in [9.17, 15) is 4.79 Å². The van der Waals surface area contributed by atoms with E-state index in [1.165, 1.54) is 10.4 Å². The quantitative estimate of drug-likeness (QED) is 0.690. The molecule has 1 aromatic heterocycles. The zero-order valence-corrected chi connectivity index (χ0v) is 14.4. The van der Waals surface area contributed by atoms with E-state index in [1.54, 1.807) is 11.3 Å². The summed E-state index contributed by atoms with van der Waals surface area (Å²) in [5.74, 6) is 0. The number of amides is 1. The maximum atomic E-state index is 12.3. The molecule has 2 heterocycles. The Morgan fingerprint density at radius 3 is 2.68 bits per heavy atom. The first-order valence-corrected chi connectivity index (χ1v) is 8.01. The largest absolute Gasteiger partial charge is 0.444 e. The number of ether oxygens (including phenoxy) is 1. The molecule has 0 saturated heterocycles. The van der Waals surface area contributed by atoms with Crippen LogP contribution in [0.5, 0.6) is 0 Å². The van der Waals surface area contributed by atoms with Gasteiger partial charge in [0.1, 0.15) is 5.60 Å². The fraction of sp³-hybridized carbons (Fsp3) is 0.643. The van der Waals surface area contributed by atoms with E-state index < -0.39 is 5.60 Å². The van der Waals surface area contributed by atoms with Crippen molar-refractivity contribution in [1.29, 1.82) is 0 Å². The van der Waals surface area contributed by atoms with Crippen molar-refractivity contribution >= 4 is 33.4 Å². The number of carbonyl (C=O) groups is 1. The second-order valence-corrected chi connectivity index (χ2v) is 8.78. The Bertz CT molecular complexity index is 502. The van der Waals surface area contributed by atoms with Crippen LogP contribution in [0.1, 0.15) is 45.1 Å². The maximum Gasteiger partial charge on any atom is 0.411 e. The SMILES string of the molecule is CC(C)(C)OC(=O)N1CCc2cc(Br)sc2C1(C)C. The third-order valence-corrected chi connectivity index (χ3v) is 5.22. The van der Waals surface area contributed by atoms with Crippen LogP contribution in [-0.4, -0.2) is 23.1 Å². The molecule has 0 unspecified atom stereocenters. The lowest BCUT2D eigenvalue weighted by molar-refractivity contribution is 0.000545. The molecule has 19 heavy (non-hydrogen) atoms. The molecule has 0 fully saturated rings. The van der Waals surface area contributed by atoms with Crippen LogP contribution in [-0.2, 0) is 16.7 Å². The van der Waals surface area contributed by atoms with Crippen molar-refractivity contribution in [3.63, 3.8) is 0 Å². The van der Waals surface area contributed by atoms with E-state index >= 15 is 0 Å². The highest BCUT2D eigenvalue weighted by atomic mass is 79.9. The van der Waals surface area contributed by atoms with Crippen LogP contribution in [0.25, 0.3) is 0 Å². The molecule has 0 saturated carbocycles. The summed E-state index contributed by atoms with van der Waals surface area (Å²) in [6.45, 7) is 10.6. The Balaban J connectivity index is 2.28. The van der Waals surface area contributed by atoms with Gasteiger partial charge < -0.3 is 4.74 Å². The summed E-state index contributed by atoms with van der Waals surface area (Å²) < 4.78 is 6.64. The van der Waals surface area contributed by atoms with Crippen molar-refractivity contribution in [3.05, 3.63) is 20.3 Å². The molecule has 0 aliphatic carbocycles. The van der Waals surface area contributed by atoms with Gasteiger partial charge >= 0.3 is 6.09 Å². The molecule has 0 aromatic carbocycles. The van der Waals surface area contributed by atoms with Crippen LogP contribution in [0.15, 0.2) is 9.85 Å². The number of rotatable bonds is 0. The molecule has 0 N–H and O–H groups in total. The monoisotopic (exact) mass is 345 g/mol. The standard InChI is InChI=1S/C14H20BrNO2S/c1-13(2,3)18-12(17)16-7-6-9-8-10(15)19-11(9)14(16,4)5/h8H,6-7H2,1-5H3. The molecule has 1 amide bonds. The zero-order chi connectivity index (χ0) is 14.4. The molecular weight excluding hydrogens is 326 g/mol. The molecule has 0 spiro atoms. The molecule has 0 bridgehead atoms. The number of nitrogens with zero attached hydrogens (tertiary/aromatic N) is 1. The number of hydrogen-bond acceptors (Lipinski definition) is 3. The summed E-state index contributed by atoms with van der Waals surface area (Å²) in [6.07, 6.45) is 0.660. The summed E-state index contributed by atoms with van der Waals surface area (Å²) in [6, 6.07) is 2.16. The smallest absolute Gasteiger partial charge is 0.411 e. The first-order chi connectivity index (χ1) is 8.61. The Kier molecular flexibility index (Phi) is 3.73. The Morgan fingerprint density at radius 1 is 1.47 bits per heavy atom. The summed E-state index contributed by atoms with van der Waals surface area (Å²) in [7, 11) is 0. The van der Waals surface area contributed by atoms with Gasteiger partial charge in [0.25, 0.3) is 0 Å². The first kappa shape index (κ1) is 14.9. The molecule has 0 atom stereocenters. The van der Waals surface area contributed by atoms with Crippen molar-refractivity contribution < 1.29 is 9.53 Å². The lowest BCUT2D eigenvalue weighted by Crippen LogP contribution is -2.50. The van der Waals surface area contributed by atoms with Gasteiger partial charge in [0.15, 0.2) is 0 Å². The minimum Gasteiger partial charge on any atom is -0.444 e. The Morgan fingerprint density at radius 2 is 2.11 bits per heavy atom. The highest BCUT2D eigenvalue weighted by molar-refractivity contribution is 9.11. The van der Waals surface area contributed by atoms with Crippen molar-refractivity contribution in [1.82, 2.24) is 4.90 Å². The number of thiophene rings is 1. The number of fused-ring (bicyclic) bond motifs is 1. The molecule has 1 aliphatic rings. The van der Waals surface area contributed by atoms with Gasteiger partial charge in [0.05, 0.1) is 9.33 Å². The molecule has 2 rings (SSSR count). The normalized spacial score (nSPS) is 18.1. The summed E-state index contributed by atoms with van der Waals surface area (Å²) >= 11 is 5.24. The third-order valence-electron chi connectivity index (χ3n) is 3.23. The van der Waals surface area contributed by atoms with Crippen molar-refractivity contribution in [3.8, 4) is 0 Å². The fourth-order valence-corrected chi connectivity index (χ4v) is 4.18. The van der Waals surface area contributed by atoms with Crippen LogP contribution in [0.3, 0.4) is 0 Å².